The average molecular weight is 313 g/mol. The van der Waals surface area contributed by atoms with E-state index in [0.717, 1.165) is 22.1 Å². The van der Waals surface area contributed by atoms with Crippen LogP contribution in [-0.2, 0) is 9.31 Å². The summed E-state index contributed by atoms with van der Waals surface area (Å²) in [5, 5.41) is 2.18. The summed E-state index contributed by atoms with van der Waals surface area (Å²) in [6.45, 7) is 8.11. The van der Waals surface area contributed by atoms with Gasteiger partial charge in [-0.15, -0.1) is 0 Å². The molecule has 0 saturated carbocycles. The molecule has 0 radical (unpaired) electrons. The molecule has 1 saturated heterocycles. The van der Waals surface area contributed by atoms with Crippen LogP contribution in [0.25, 0.3) is 10.8 Å². The Hall–Kier alpha value is -1.56. The Balaban J connectivity index is 2.06. The first kappa shape index (κ1) is 16.3. The van der Waals surface area contributed by atoms with Crippen molar-refractivity contribution in [2.24, 2.45) is 5.73 Å². The van der Waals surface area contributed by atoms with Gasteiger partial charge in [0.05, 0.1) is 24.3 Å². The van der Waals surface area contributed by atoms with Gasteiger partial charge < -0.3 is 19.8 Å². The number of hydrogen-bond acceptors (Lipinski definition) is 4. The number of benzene rings is 2. The van der Waals surface area contributed by atoms with Crippen LogP contribution in [0.5, 0.6) is 5.75 Å². The van der Waals surface area contributed by atoms with Crippen molar-refractivity contribution in [1.82, 2.24) is 0 Å². The molecule has 1 aliphatic heterocycles. The van der Waals surface area contributed by atoms with Crippen LogP contribution in [0, 0.1) is 0 Å². The number of fused-ring (bicyclic) bond motifs is 1. The predicted octanol–water partition coefficient (Wildman–Crippen LogP) is 3.48. The van der Waals surface area contributed by atoms with Crippen molar-refractivity contribution in [3.63, 3.8) is 0 Å². The summed E-state index contributed by atoms with van der Waals surface area (Å²) in [5.74, 6) is 0.322. The molecular weight excluding hydrogens is 289 g/mol. The van der Waals surface area contributed by atoms with E-state index in [2.05, 4.69) is 12.1 Å². The maximum absolute atomic E-state index is 6.55. The lowest BCUT2D eigenvalue weighted by atomic mass is 9.73. The van der Waals surface area contributed by atoms with E-state index in [-0.39, 0.29) is 0 Å². The summed E-state index contributed by atoms with van der Waals surface area (Å²) in [6, 6.07) is 12.1. The van der Waals surface area contributed by atoms with Crippen molar-refractivity contribution in [3.8, 4) is 5.75 Å². The van der Waals surface area contributed by atoms with E-state index < -0.39 is 24.3 Å². The van der Waals surface area contributed by atoms with E-state index in [4.69, 9.17) is 19.8 Å². The van der Waals surface area contributed by atoms with Crippen molar-refractivity contribution in [2.45, 2.75) is 44.8 Å². The molecule has 0 bridgehead atoms. The molecule has 1 aliphatic rings. The number of hydrogen-bond donors (Lipinski definition) is 1. The molecule has 1 fully saturated rings. The zero-order valence-electron chi connectivity index (χ0n) is 14.4. The maximum atomic E-state index is 6.55. The molecule has 4 nitrogen and oxygen atoms in total. The monoisotopic (exact) mass is 313 g/mol. The highest BCUT2D eigenvalue weighted by atomic mass is 16.7. The summed E-state index contributed by atoms with van der Waals surface area (Å²) in [4.78, 5) is 0. The highest BCUT2D eigenvalue weighted by Crippen LogP contribution is 2.42. The Bertz CT molecular complexity index is 713. The number of rotatable bonds is 3. The fraction of sp³-hybridized carbons (Fsp3) is 0.444. The van der Waals surface area contributed by atoms with Crippen LogP contribution in [0.3, 0.4) is 0 Å². The maximum Gasteiger partial charge on any atom is 0.480 e. The van der Waals surface area contributed by atoms with Crippen molar-refractivity contribution in [2.75, 3.05) is 7.11 Å². The number of nitrogens with two attached hydrogens (primary N) is 1. The predicted molar refractivity (Wildman–Crippen MR) is 93.5 cm³/mol. The second kappa shape index (κ2) is 5.51. The zero-order valence-corrected chi connectivity index (χ0v) is 14.4. The van der Waals surface area contributed by atoms with E-state index >= 15 is 0 Å². The molecule has 23 heavy (non-hydrogen) atoms. The van der Waals surface area contributed by atoms with E-state index in [1.54, 1.807) is 7.11 Å². The Morgan fingerprint density at radius 1 is 1.00 bits per heavy atom. The van der Waals surface area contributed by atoms with Gasteiger partial charge in [-0.05, 0) is 44.5 Å². The third-order valence-electron chi connectivity index (χ3n) is 5.05. The molecular formula is C18H24BNO3. The fourth-order valence-electron chi connectivity index (χ4n) is 2.97. The van der Waals surface area contributed by atoms with Gasteiger partial charge in [0, 0.05) is 5.56 Å². The topological polar surface area (TPSA) is 53.7 Å². The molecule has 5 heteroatoms. The van der Waals surface area contributed by atoms with Gasteiger partial charge in [0.15, 0.2) is 0 Å². The Morgan fingerprint density at radius 3 is 2.22 bits per heavy atom. The summed E-state index contributed by atoms with van der Waals surface area (Å²) in [5.41, 5.74) is 6.66. The van der Waals surface area contributed by atoms with Gasteiger partial charge >= 0.3 is 7.12 Å². The third-order valence-corrected chi connectivity index (χ3v) is 5.05. The van der Waals surface area contributed by atoms with Crippen molar-refractivity contribution in [1.29, 1.82) is 0 Å². The van der Waals surface area contributed by atoms with Gasteiger partial charge in [-0.1, -0.05) is 30.3 Å². The lowest BCUT2D eigenvalue weighted by molar-refractivity contribution is 0.00578. The van der Waals surface area contributed by atoms with Crippen LogP contribution in [-0.4, -0.2) is 25.4 Å². The smallest absolute Gasteiger partial charge is 0.480 e. The molecule has 1 heterocycles. The van der Waals surface area contributed by atoms with Crippen molar-refractivity contribution < 1.29 is 14.0 Å². The molecule has 0 aliphatic carbocycles. The highest BCUT2D eigenvalue weighted by Gasteiger charge is 2.53. The molecule has 2 aromatic rings. The highest BCUT2D eigenvalue weighted by molar-refractivity contribution is 6.47. The van der Waals surface area contributed by atoms with Crippen LogP contribution >= 0.6 is 0 Å². The summed E-state index contributed by atoms with van der Waals surface area (Å²) < 4.78 is 17.8. The Kier molecular flexibility index (Phi) is 3.91. The SMILES string of the molecule is COc1ccc2ccccc2c1[C@H](N)B1OC(C)(C)C(C)(C)O1. The van der Waals surface area contributed by atoms with E-state index in [9.17, 15) is 0 Å². The minimum absolute atomic E-state index is 0.410. The van der Waals surface area contributed by atoms with Gasteiger partial charge in [0.2, 0.25) is 0 Å². The minimum Gasteiger partial charge on any atom is -0.496 e. The molecule has 0 spiro atoms. The summed E-state index contributed by atoms with van der Waals surface area (Å²) in [6.07, 6.45) is 0. The first-order valence-corrected chi connectivity index (χ1v) is 7.94. The van der Waals surface area contributed by atoms with E-state index in [0.29, 0.717) is 0 Å². The minimum atomic E-state index is -0.514. The zero-order chi connectivity index (χ0) is 16.8. The standard InChI is InChI=1S/C18H24BNO3/c1-17(2)18(3,4)23-19(22-17)16(20)15-13-9-7-6-8-12(13)10-11-14(15)21-5/h6-11,16H,20H2,1-5H3/t16-/m0/s1. The van der Waals surface area contributed by atoms with Gasteiger partial charge in [0.1, 0.15) is 5.75 Å². The molecule has 0 amide bonds. The second-order valence-corrected chi connectivity index (χ2v) is 7.05. The first-order valence-electron chi connectivity index (χ1n) is 7.94. The van der Waals surface area contributed by atoms with Gasteiger partial charge in [0.25, 0.3) is 0 Å². The largest absolute Gasteiger partial charge is 0.496 e. The van der Waals surface area contributed by atoms with Gasteiger partial charge in [-0.2, -0.15) is 0 Å². The molecule has 3 rings (SSSR count). The lowest BCUT2D eigenvalue weighted by Gasteiger charge is -2.32. The number of ether oxygens (including phenoxy) is 1. The van der Waals surface area contributed by atoms with Crippen LogP contribution in [0.15, 0.2) is 36.4 Å². The molecule has 2 aromatic carbocycles. The van der Waals surface area contributed by atoms with Crippen molar-refractivity contribution >= 4 is 17.9 Å². The Morgan fingerprint density at radius 2 is 1.61 bits per heavy atom. The normalized spacial score (nSPS) is 20.7. The fourth-order valence-corrected chi connectivity index (χ4v) is 2.97. The number of methoxy groups -OCH3 is 1. The van der Waals surface area contributed by atoms with E-state index in [1.165, 1.54) is 0 Å². The first-order chi connectivity index (χ1) is 10.8. The Labute approximate surface area is 138 Å². The molecule has 0 unspecified atom stereocenters. The molecule has 0 aromatic heterocycles. The average Bonchev–Trinajstić information content (AvgIpc) is 2.73. The van der Waals surface area contributed by atoms with Gasteiger partial charge in [-0.25, -0.2) is 0 Å². The van der Waals surface area contributed by atoms with Crippen LogP contribution < -0.4 is 10.5 Å². The molecule has 2 N–H and O–H groups in total. The quantitative estimate of drug-likeness (QED) is 0.882. The van der Waals surface area contributed by atoms with Crippen LogP contribution in [0.1, 0.15) is 39.2 Å². The summed E-state index contributed by atoms with van der Waals surface area (Å²) >= 11 is 0. The molecule has 1 atom stereocenters. The van der Waals surface area contributed by atoms with Crippen molar-refractivity contribution in [3.05, 3.63) is 42.0 Å². The molecule has 122 valence electrons. The van der Waals surface area contributed by atoms with Crippen LogP contribution in [0.2, 0.25) is 0 Å². The van der Waals surface area contributed by atoms with E-state index in [1.807, 2.05) is 52.0 Å². The third kappa shape index (κ3) is 2.63. The lowest BCUT2D eigenvalue weighted by Crippen LogP contribution is -2.41. The summed E-state index contributed by atoms with van der Waals surface area (Å²) in [7, 11) is 1.14. The van der Waals surface area contributed by atoms with Crippen LogP contribution in [0.4, 0.5) is 0 Å². The second-order valence-electron chi connectivity index (χ2n) is 7.05. The van der Waals surface area contributed by atoms with Gasteiger partial charge in [-0.3, -0.25) is 0 Å².